The lowest BCUT2D eigenvalue weighted by Crippen LogP contribution is -2.31. The van der Waals surface area contributed by atoms with Crippen LogP contribution in [0.5, 0.6) is 0 Å². The number of esters is 1. The van der Waals surface area contributed by atoms with Gasteiger partial charge in [0.15, 0.2) is 0 Å². The molecule has 1 N–H and O–H groups in total. The smallest absolute Gasteiger partial charge is 0.356 e. The maximum absolute atomic E-state index is 11.7. The van der Waals surface area contributed by atoms with E-state index in [4.69, 9.17) is 4.74 Å². The Balaban J connectivity index is 0.000000346. The summed E-state index contributed by atoms with van der Waals surface area (Å²) in [6.07, 6.45) is 3.71. The first-order valence-electron chi connectivity index (χ1n) is 7.60. The molecule has 1 fully saturated rings. The van der Waals surface area contributed by atoms with Crippen LogP contribution in [-0.2, 0) is 14.3 Å². The lowest BCUT2D eigenvalue weighted by atomic mass is 10.1. The molecule has 0 aliphatic carbocycles. The van der Waals surface area contributed by atoms with Crippen molar-refractivity contribution < 1.29 is 19.1 Å². The molecule has 2 heterocycles. The zero-order valence-corrected chi connectivity index (χ0v) is 13.4. The SMILES string of the molecule is CC(C)OC=O.CCOC(=O)c1ccnn1C1CCNCC1. The Hall–Kier alpha value is -1.89. The minimum atomic E-state index is -0.279. The van der Waals surface area contributed by atoms with Crippen LogP contribution >= 0.6 is 0 Å². The molecule has 0 unspecified atom stereocenters. The van der Waals surface area contributed by atoms with Crippen molar-refractivity contribution in [3.63, 3.8) is 0 Å². The monoisotopic (exact) mass is 311 g/mol. The molecule has 124 valence electrons. The summed E-state index contributed by atoms with van der Waals surface area (Å²) in [4.78, 5) is 21.1. The molecule has 0 amide bonds. The number of nitrogens with zero attached hydrogens (tertiary/aromatic N) is 2. The first-order chi connectivity index (χ1) is 10.6. The maximum Gasteiger partial charge on any atom is 0.356 e. The van der Waals surface area contributed by atoms with Crippen molar-refractivity contribution in [2.24, 2.45) is 0 Å². The quantitative estimate of drug-likeness (QED) is 0.656. The van der Waals surface area contributed by atoms with Gasteiger partial charge in [-0.2, -0.15) is 5.10 Å². The molecule has 0 spiro atoms. The Labute approximate surface area is 131 Å². The molecule has 22 heavy (non-hydrogen) atoms. The summed E-state index contributed by atoms with van der Waals surface area (Å²) in [7, 11) is 0. The van der Waals surface area contributed by atoms with Crippen LogP contribution < -0.4 is 5.32 Å². The fraction of sp³-hybridized carbons (Fsp3) is 0.667. The van der Waals surface area contributed by atoms with Crippen molar-refractivity contribution in [3.05, 3.63) is 18.0 Å². The van der Waals surface area contributed by atoms with Gasteiger partial charge in [-0.25, -0.2) is 4.79 Å². The number of carbonyl (C=O) groups excluding carboxylic acids is 2. The second-order valence-electron chi connectivity index (χ2n) is 5.14. The summed E-state index contributed by atoms with van der Waals surface area (Å²) in [6, 6.07) is 2.04. The van der Waals surface area contributed by atoms with Gasteiger partial charge in [0.25, 0.3) is 6.47 Å². The van der Waals surface area contributed by atoms with Gasteiger partial charge in [0.2, 0.25) is 0 Å². The van der Waals surface area contributed by atoms with Gasteiger partial charge in [-0.05, 0) is 52.8 Å². The third-order valence-electron chi connectivity index (χ3n) is 3.14. The van der Waals surface area contributed by atoms with E-state index in [0.717, 1.165) is 25.9 Å². The summed E-state index contributed by atoms with van der Waals surface area (Å²) in [5.74, 6) is -0.279. The Kier molecular flexibility index (Phi) is 8.21. The number of carbonyl (C=O) groups is 2. The highest BCUT2D eigenvalue weighted by molar-refractivity contribution is 5.87. The molecule has 1 aromatic heterocycles. The summed E-state index contributed by atoms with van der Waals surface area (Å²) in [6.45, 7) is 8.21. The lowest BCUT2D eigenvalue weighted by molar-refractivity contribution is -0.131. The Morgan fingerprint density at radius 1 is 1.50 bits per heavy atom. The van der Waals surface area contributed by atoms with Gasteiger partial charge in [-0.1, -0.05) is 0 Å². The van der Waals surface area contributed by atoms with Crippen LogP contribution in [0, 0.1) is 0 Å². The van der Waals surface area contributed by atoms with E-state index < -0.39 is 0 Å². The third-order valence-corrected chi connectivity index (χ3v) is 3.14. The highest BCUT2D eigenvalue weighted by Gasteiger charge is 2.21. The van der Waals surface area contributed by atoms with E-state index in [0.29, 0.717) is 24.8 Å². The van der Waals surface area contributed by atoms with Gasteiger partial charge in [0.05, 0.1) is 18.8 Å². The molecule has 0 saturated carbocycles. The number of hydrogen-bond donors (Lipinski definition) is 1. The van der Waals surface area contributed by atoms with E-state index in [1.54, 1.807) is 30.8 Å². The van der Waals surface area contributed by atoms with Crippen LogP contribution in [0.2, 0.25) is 0 Å². The molecule has 1 aromatic rings. The molecule has 1 aliphatic rings. The molecule has 7 heteroatoms. The fourth-order valence-electron chi connectivity index (χ4n) is 2.13. The van der Waals surface area contributed by atoms with Crippen molar-refractivity contribution in [2.45, 2.75) is 45.8 Å². The summed E-state index contributed by atoms with van der Waals surface area (Å²) < 4.78 is 11.2. The minimum Gasteiger partial charge on any atom is -0.465 e. The van der Waals surface area contributed by atoms with E-state index in [2.05, 4.69) is 15.2 Å². The number of hydrogen-bond acceptors (Lipinski definition) is 6. The first-order valence-corrected chi connectivity index (χ1v) is 7.60. The van der Waals surface area contributed by atoms with Gasteiger partial charge >= 0.3 is 5.97 Å². The van der Waals surface area contributed by atoms with E-state index in [1.807, 2.05) is 6.92 Å². The van der Waals surface area contributed by atoms with Crippen LogP contribution in [-0.4, -0.2) is 48.0 Å². The normalized spacial score (nSPS) is 14.9. The van der Waals surface area contributed by atoms with Gasteiger partial charge in [-0.3, -0.25) is 9.48 Å². The van der Waals surface area contributed by atoms with Crippen molar-refractivity contribution in [2.75, 3.05) is 19.7 Å². The number of ether oxygens (including phenoxy) is 2. The van der Waals surface area contributed by atoms with Crippen LogP contribution in [0.25, 0.3) is 0 Å². The maximum atomic E-state index is 11.7. The average Bonchev–Trinajstić information content (AvgIpc) is 2.98. The molecular formula is C15H25N3O4. The molecule has 0 radical (unpaired) electrons. The fourth-order valence-corrected chi connectivity index (χ4v) is 2.13. The topological polar surface area (TPSA) is 82.5 Å². The zero-order valence-electron chi connectivity index (χ0n) is 13.4. The van der Waals surface area contributed by atoms with Gasteiger partial charge in [-0.15, -0.1) is 0 Å². The summed E-state index contributed by atoms with van der Waals surface area (Å²) in [5, 5.41) is 7.52. The Bertz CT molecular complexity index is 453. The highest BCUT2D eigenvalue weighted by Crippen LogP contribution is 2.19. The predicted molar refractivity (Wildman–Crippen MR) is 81.6 cm³/mol. The van der Waals surface area contributed by atoms with Crippen molar-refractivity contribution in [3.8, 4) is 0 Å². The third kappa shape index (κ3) is 5.85. The minimum absolute atomic E-state index is 0.0301. The second kappa shape index (κ2) is 9.94. The Morgan fingerprint density at radius 2 is 2.18 bits per heavy atom. The summed E-state index contributed by atoms with van der Waals surface area (Å²) >= 11 is 0. The average molecular weight is 311 g/mol. The van der Waals surface area contributed by atoms with Crippen LogP contribution in [0.15, 0.2) is 12.3 Å². The molecular weight excluding hydrogens is 286 g/mol. The molecule has 0 aromatic carbocycles. The molecule has 1 aliphatic heterocycles. The lowest BCUT2D eigenvalue weighted by Gasteiger charge is -2.24. The largest absolute Gasteiger partial charge is 0.465 e. The van der Waals surface area contributed by atoms with Crippen molar-refractivity contribution in [1.29, 1.82) is 0 Å². The van der Waals surface area contributed by atoms with Crippen LogP contribution in [0.1, 0.15) is 50.1 Å². The molecule has 0 atom stereocenters. The molecule has 0 bridgehead atoms. The predicted octanol–water partition coefficient (Wildman–Crippen LogP) is 1.55. The van der Waals surface area contributed by atoms with E-state index >= 15 is 0 Å². The van der Waals surface area contributed by atoms with Crippen molar-refractivity contribution in [1.82, 2.24) is 15.1 Å². The van der Waals surface area contributed by atoms with E-state index in [9.17, 15) is 9.59 Å². The van der Waals surface area contributed by atoms with E-state index in [-0.39, 0.29) is 12.1 Å². The molecule has 1 saturated heterocycles. The van der Waals surface area contributed by atoms with Gasteiger partial charge in [0.1, 0.15) is 5.69 Å². The standard InChI is InChI=1S/C11H17N3O2.C4H8O2/c1-2-16-11(15)10-5-8-13-14(10)9-3-6-12-7-4-9;1-4(2)6-3-5/h5,8-9,12H,2-4,6-7H2,1H3;3-4H,1-2H3. The van der Waals surface area contributed by atoms with Crippen LogP contribution in [0.3, 0.4) is 0 Å². The molecule has 2 rings (SSSR count). The number of nitrogens with one attached hydrogen (secondary N) is 1. The number of piperidine rings is 1. The second-order valence-corrected chi connectivity index (χ2v) is 5.14. The van der Waals surface area contributed by atoms with Gasteiger partial charge < -0.3 is 14.8 Å². The summed E-state index contributed by atoms with van der Waals surface area (Å²) in [5.41, 5.74) is 0.564. The Morgan fingerprint density at radius 3 is 2.68 bits per heavy atom. The van der Waals surface area contributed by atoms with Crippen LogP contribution in [0.4, 0.5) is 0 Å². The molecule has 7 nitrogen and oxygen atoms in total. The van der Waals surface area contributed by atoms with Gasteiger partial charge in [0, 0.05) is 6.20 Å². The number of rotatable bonds is 5. The van der Waals surface area contributed by atoms with Crippen molar-refractivity contribution >= 4 is 12.4 Å². The zero-order chi connectivity index (χ0) is 16.4. The first kappa shape index (κ1) is 18.2. The highest BCUT2D eigenvalue weighted by atomic mass is 16.5. The number of aromatic nitrogens is 2. The van der Waals surface area contributed by atoms with E-state index in [1.165, 1.54) is 0 Å².